The minimum atomic E-state index is -0.106. The molecule has 1 saturated carbocycles. The van der Waals surface area contributed by atoms with Gasteiger partial charge in [0.1, 0.15) is 6.04 Å². The molecule has 1 aliphatic carbocycles. The lowest BCUT2D eigenvalue weighted by atomic mass is 9.92. The summed E-state index contributed by atoms with van der Waals surface area (Å²) in [5.74, 6) is -0.106. The molecule has 0 radical (unpaired) electrons. The zero-order valence-electron chi connectivity index (χ0n) is 7.43. The summed E-state index contributed by atoms with van der Waals surface area (Å²) in [5.41, 5.74) is 0.574. The summed E-state index contributed by atoms with van der Waals surface area (Å²) in [7, 11) is 1.45. The molecule has 3 heteroatoms. The average Bonchev–Trinajstić information content (AvgIpc) is 2.85. The second-order valence-electron chi connectivity index (χ2n) is 4.00. The van der Waals surface area contributed by atoms with Crippen LogP contribution >= 0.6 is 0 Å². The van der Waals surface area contributed by atoms with Crippen LogP contribution in [0.5, 0.6) is 0 Å². The summed E-state index contributed by atoms with van der Waals surface area (Å²) in [6.45, 7) is 1.01. The number of hydrogen-bond donors (Lipinski definition) is 1. The minimum absolute atomic E-state index is 0.0405. The fraction of sp³-hybridized carbons (Fsp3) is 0.889. The standard InChI is InChI=1S/C9H15NO2/c1-12-8(11)7-2-3-9(4-5-9)6-10-7/h7,10H,2-6H2,1H3. The maximum atomic E-state index is 11.1. The normalized spacial score (nSPS) is 31.6. The van der Waals surface area contributed by atoms with E-state index in [1.807, 2.05) is 0 Å². The van der Waals surface area contributed by atoms with Crippen molar-refractivity contribution < 1.29 is 9.53 Å². The van der Waals surface area contributed by atoms with Gasteiger partial charge in [0.25, 0.3) is 0 Å². The van der Waals surface area contributed by atoms with Crippen LogP contribution in [0.25, 0.3) is 0 Å². The van der Waals surface area contributed by atoms with Gasteiger partial charge in [0.05, 0.1) is 7.11 Å². The van der Waals surface area contributed by atoms with Gasteiger partial charge in [0, 0.05) is 6.54 Å². The Hall–Kier alpha value is -0.570. The maximum Gasteiger partial charge on any atom is 0.322 e. The van der Waals surface area contributed by atoms with E-state index >= 15 is 0 Å². The van der Waals surface area contributed by atoms with Gasteiger partial charge in [-0.15, -0.1) is 0 Å². The first-order chi connectivity index (χ1) is 5.76. The molecule has 68 valence electrons. The number of rotatable bonds is 1. The van der Waals surface area contributed by atoms with Crippen LogP contribution in [0.15, 0.2) is 0 Å². The molecular weight excluding hydrogens is 154 g/mol. The highest BCUT2D eigenvalue weighted by Gasteiger charge is 2.46. The van der Waals surface area contributed by atoms with Crippen molar-refractivity contribution in [3.63, 3.8) is 0 Å². The van der Waals surface area contributed by atoms with Gasteiger partial charge in [-0.25, -0.2) is 0 Å². The van der Waals surface area contributed by atoms with E-state index in [0.717, 1.165) is 13.0 Å². The van der Waals surface area contributed by atoms with Crippen LogP contribution in [-0.4, -0.2) is 25.7 Å². The Kier molecular flexibility index (Phi) is 1.83. The van der Waals surface area contributed by atoms with Crippen molar-refractivity contribution in [1.29, 1.82) is 0 Å². The third-order valence-corrected chi connectivity index (χ3v) is 3.13. The van der Waals surface area contributed by atoms with E-state index in [9.17, 15) is 4.79 Å². The first-order valence-corrected chi connectivity index (χ1v) is 4.57. The van der Waals surface area contributed by atoms with Crippen LogP contribution in [0, 0.1) is 5.41 Å². The van der Waals surface area contributed by atoms with Crippen molar-refractivity contribution in [2.45, 2.75) is 31.7 Å². The summed E-state index contributed by atoms with van der Waals surface area (Å²) in [4.78, 5) is 11.1. The lowest BCUT2D eigenvalue weighted by Crippen LogP contribution is -2.45. The maximum absolute atomic E-state index is 11.1. The fourth-order valence-corrected chi connectivity index (χ4v) is 1.93. The zero-order valence-corrected chi connectivity index (χ0v) is 7.43. The number of carbonyl (C=O) groups is 1. The number of esters is 1. The molecule has 0 amide bonds. The van der Waals surface area contributed by atoms with Crippen molar-refractivity contribution in [3.8, 4) is 0 Å². The second-order valence-corrected chi connectivity index (χ2v) is 4.00. The first-order valence-electron chi connectivity index (χ1n) is 4.57. The molecule has 0 bridgehead atoms. The minimum Gasteiger partial charge on any atom is -0.468 e. The molecule has 1 aliphatic heterocycles. The second kappa shape index (κ2) is 2.73. The van der Waals surface area contributed by atoms with Crippen molar-refractivity contribution in [3.05, 3.63) is 0 Å². The van der Waals surface area contributed by atoms with Gasteiger partial charge in [-0.3, -0.25) is 4.79 Å². The van der Waals surface area contributed by atoms with Gasteiger partial charge in [0.15, 0.2) is 0 Å². The van der Waals surface area contributed by atoms with E-state index < -0.39 is 0 Å². The van der Waals surface area contributed by atoms with E-state index in [2.05, 4.69) is 10.1 Å². The third kappa shape index (κ3) is 1.33. The van der Waals surface area contributed by atoms with E-state index in [1.54, 1.807) is 0 Å². The number of nitrogens with one attached hydrogen (secondary N) is 1. The molecule has 2 aliphatic rings. The van der Waals surface area contributed by atoms with Crippen LogP contribution in [0.4, 0.5) is 0 Å². The van der Waals surface area contributed by atoms with Crippen LogP contribution in [0.1, 0.15) is 25.7 Å². The predicted octanol–water partition coefficient (Wildman–Crippen LogP) is 0.692. The molecule has 2 rings (SSSR count). The van der Waals surface area contributed by atoms with Crippen molar-refractivity contribution in [2.24, 2.45) is 5.41 Å². The Morgan fingerprint density at radius 3 is 2.67 bits per heavy atom. The summed E-state index contributed by atoms with van der Waals surface area (Å²) in [6.07, 6.45) is 4.83. The molecule has 0 aromatic rings. The summed E-state index contributed by atoms with van der Waals surface area (Å²) >= 11 is 0. The van der Waals surface area contributed by atoms with Crippen LogP contribution < -0.4 is 5.32 Å². The van der Waals surface area contributed by atoms with Gasteiger partial charge < -0.3 is 10.1 Å². The Morgan fingerprint density at radius 1 is 1.50 bits per heavy atom. The van der Waals surface area contributed by atoms with Gasteiger partial charge in [-0.1, -0.05) is 0 Å². The van der Waals surface area contributed by atoms with E-state index in [4.69, 9.17) is 0 Å². The molecule has 1 heterocycles. The lowest BCUT2D eigenvalue weighted by Gasteiger charge is -2.27. The molecule has 1 saturated heterocycles. The fourth-order valence-electron chi connectivity index (χ4n) is 1.93. The van der Waals surface area contributed by atoms with Crippen LogP contribution in [-0.2, 0) is 9.53 Å². The van der Waals surface area contributed by atoms with E-state index in [1.165, 1.54) is 26.4 Å². The van der Waals surface area contributed by atoms with E-state index in [-0.39, 0.29) is 12.0 Å². The van der Waals surface area contributed by atoms with Crippen molar-refractivity contribution in [2.75, 3.05) is 13.7 Å². The zero-order chi connectivity index (χ0) is 8.60. The molecular formula is C9H15NO2. The molecule has 0 aromatic heterocycles. The van der Waals surface area contributed by atoms with Crippen LogP contribution in [0.2, 0.25) is 0 Å². The molecule has 0 aromatic carbocycles. The lowest BCUT2D eigenvalue weighted by molar-refractivity contribution is -0.144. The molecule has 12 heavy (non-hydrogen) atoms. The largest absolute Gasteiger partial charge is 0.468 e. The monoisotopic (exact) mass is 169 g/mol. The topological polar surface area (TPSA) is 38.3 Å². The average molecular weight is 169 g/mol. The number of ether oxygens (including phenoxy) is 1. The van der Waals surface area contributed by atoms with Crippen molar-refractivity contribution >= 4 is 5.97 Å². The number of carbonyl (C=O) groups excluding carboxylic acids is 1. The SMILES string of the molecule is COC(=O)C1CCC2(CC2)CN1. The van der Waals surface area contributed by atoms with Gasteiger partial charge in [-0.2, -0.15) is 0 Å². The highest BCUT2D eigenvalue weighted by atomic mass is 16.5. The number of hydrogen-bond acceptors (Lipinski definition) is 3. The highest BCUT2D eigenvalue weighted by molar-refractivity contribution is 5.75. The van der Waals surface area contributed by atoms with Gasteiger partial charge >= 0.3 is 5.97 Å². The first kappa shape index (κ1) is 8.05. The quantitative estimate of drug-likeness (QED) is 0.587. The van der Waals surface area contributed by atoms with Crippen molar-refractivity contribution in [1.82, 2.24) is 5.32 Å². The smallest absolute Gasteiger partial charge is 0.322 e. The summed E-state index contributed by atoms with van der Waals surface area (Å²) in [5, 5.41) is 3.25. The molecule has 1 spiro atoms. The number of piperidine rings is 1. The van der Waals surface area contributed by atoms with Gasteiger partial charge in [-0.05, 0) is 31.1 Å². The third-order valence-electron chi connectivity index (χ3n) is 3.13. The Balaban J connectivity index is 1.85. The molecule has 3 nitrogen and oxygen atoms in total. The Bertz CT molecular complexity index is 189. The Labute approximate surface area is 72.5 Å². The summed E-state index contributed by atoms with van der Waals surface area (Å²) < 4.78 is 4.68. The highest BCUT2D eigenvalue weighted by Crippen LogP contribution is 2.50. The molecule has 2 fully saturated rings. The van der Waals surface area contributed by atoms with Crippen LogP contribution in [0.3, 0.4) is 0 Å². The Morgan fingerprint density at radius 2 is 2.25 bits per heavy atom. The molecule has 1 atom stereocenters. The van der Waals surface area contributed by atoms with E-state index in [0.29, 0.717) is 5.41 Å². The molecule has 1 unspecified atom stereocenters. The van der Waals surface area contributed by atoms with Gasteiger partial charge in [0.2, 0.25) is 0 Å². The molecule has 1 N–H and O–H groups in total. The number of methoxy groups -OCH3 is 1. The summed E-state index contributed by atoms with van der Waals surface area (Å²) in [6, 6.07) is -0.0405. The predicted molar refractivity (Wildman–Crippen MR) is 44.7 cm³/mol.